The molecule has 6 aromatic heterocycles. The molecule has 0 fully saturated rings. The number of rotatable bonds is 12. The van der Waals surface area contributed by atoms with E-state index >= 15 is 0 Å². The van der Waals surface area contributed by atoms with Crippen LogP contribution in [-0.2, 0) is 0 Å². The minimum absolute atomic E-state index is 0.162. The van der Waals surface area contributed by atoms with Gasteiger partial charge >= 0.3 is 0 Å². The normalized spacial score (nSPS) is 12.2. The monoisotopic (exact) mass is 1080 g/mol. The Morgan fingerprint density at radius 1 is 0.386 bits per heavy atom. The molecule has 0 saturated carbocycles. The second-order valence-corrected chi connectivity index (χ2v) is 23.4. The lowest BCUT2D eigenvalue weighted by Crippen LogP contribution is -2.09. The summed E-state index contributed by atoms with van der Waals surface area (Å²) in [7, 11) is 0. The van der Waals surface area contributed by atoms with Crippen LogP contribution in [0.4, 0.5) is 0 Å². The maximum absolute atomic E-state index is 7.28. The van der Waals surface area contributed by atoms with Crippen LogP contribution in [0.15, 0.2) is 191 Å². The van der Waals surface area contributed by atoms with Crippen LogP contribution in [0.3, 0.4) is 0 Å². The van der Waals surface area contributed by atoms with E-state index < -0.39 is 0 Å². The van der Waals surface area contributed by atoms with E-state index in [1.165, 1.54) is 44.5 Å². The molecule has 0 radical (unpaired) electrons. The van der Waals surface area contributed by atoms with Gasteiger partial charge in [-0.2, -0.15) is 0 Å². The summed E-state index contributed by atoms with van der Waals surface area (Å²) in [4.78, 5) is 21.1. The third kappa shape index (κ3) is 8.67. The molecule has 0 spiro atoms. The molecule has 14 aromatic rings. The van der Waals surface area contributed by atoms with Crippen LogP contribution >= 0.6 is 0 Å². The number of hydrogen-bond acceptors (Lipinski definition) is 7. The van der Waals surface area contributed by atoms with E-state index in [4.69, 9.17) is 33.5 Å². The number of aryl methyl sites for hydroxylation is 2. The van der Waals surface area contributed by atoms with E-state index in [0.29, 0.717) is 34.1 Å². The second-order valence-electron chi connectivity index (χ2n) is 23.4. The van der Waals surface area contributed by atoms with Crippen molar-refractivity contribution in [3.8, 4) is 67.9 Å². The SMILES string of the molecule is Cc1ccc2c(n1)oc1c2c(C)nc2oc3c(-c4nc5ccccc5n4-c4c(C(C)C)cc(-c5ccccc5)cc4C(C)C)cc(Oc4cccc(-c5nc6ccccc6n5-c5c(C(C)C)cc(-c6ccccc6)cc5C(C)C)c4)cc3c21. The Bertz CT molecular complexity index is 4800. The Morgan fingerprint density at radius 2 is 0.892 bits per heavy atom. The maximum Gasteiger partial charge on any atom is 0.231 e. The van der Waals surface area contributed by atoms with Crippen LogP contribution < -0.4 is 4.74 Å². The molecule has 9 nitrogen and oxygen atoms in total. The average Bonchev–Trinajstić information content (AvgIpc) is 2.78. The van der Waals surface area contributed by atoms with E-state index in [0.717, 1.165) is 89.2 Å². The van der Waals surface area contributed by atoms with E-state index in [1.807, 2.05) is 26.0 Å². The Hall–Kier alpha value is -9.60. The van der Waals surface area contributed by atoms with Crippen LogP contribution in [0.25, 0.3) is 123 Å². The van der Waals surface area contributed by atoms with Crippen LogP contribution in [-0.4, -0.2) is 29.1 Å². The van der Waals surface area contributed by atoms with Crippen LogP contribution in [0.5, 0.6) is 11.5 Å². The van der Waals surface area contributed by atoms with Crippen molar-refractivity contribution in [3.63, 3.8) is 0 Å². The summed E-state index contributed by atoms with van der Waals surface area (Å²) in [6, 6.07) is 64.3. The van der Waals surface area contributed by atoms with Gasteiger partial charge in [-0.05, 0) is 167 Å². The summed E-state index contributed by atoms with van der Waals surface area (Å²) in [5, 5.41) is 3.33. The molecule has 0 aliphatic rings. The third-order valence-corrected chi connectivity index (χ3v) is 16.5. The molecule has 14 rings (SSSR count). The molecular weight excluding hydrogens is 1020 g/mol. The van der Waals surface area contributed by atoms with E-state index in [-0.39, 0.29) is 23.7 Å². The maximum atomic E-state index is 7.28. The highest BCUT2D eigenvalue weighted by atomic mass is 16.5. The van der Waals surface area contributed by atoms with Crippen molar-refractivity contribution in [2.45, 2.75) is 92.9 Å². The molecular formula is C74H64N6O3. The van der Waals surface area contributed by atoms with Gasteiger partial charge < -0.3 is 13.6 Å². The average molecular weight is 1090 g/mol. The number of imidazole rings is 2. The van der Waals surface area contributed by atoms with Gasteiger partial charge in [0, 0.05) is 16.6 Å². The Balaban J connectivity index is 1.01. The second kappa shape index (κ2) is 20.1. The first kappa shape index (κ1) is 51.5. The minimum Gasteiger partial charge on any atom is -0.457 e. The molecule has 83 heavy (non-hydrogen) atoms. The summed E-state index contributed by atoms with van der Waals surface area (Å²) in [5.41, 5.74) is 21.4. The number of benzene rings is 8. The van der Waals surface area contributed by atoms with Crippen molar-refractivity contribution in [3.05, 3.63) is 216 Å². The molecule has 408 valence electrons. The molecule has 0 saturated heterocycles. The summed E-state index contributed by atoms with van der Waals surface area (Å²) >= 11 is 0. The molecule has 0 unspecified atom stereocenters. The number of aromatic nitrogens is 6. The van der Waals surface area contributed by atoms with Gasteiger partial charge in [-0.15, -0.1) is 0 Å². The first-order chi connectivity index (χ1) is 40.3. The van der Waals surface area contributed by atoms with Gasteiger partial charge in [0.15, 0.2) is 5.58 Å². The Morgan fingerprint density at radius 3 is 1.46 bits per heavy atom. The molecule has 0 aliphatic carbocycles. The predicted octanol–water partition coefficient (Wildman–Crippen LogP) is 20.5. The number of ether oxygens (including phenoxy) is 1. The lowest BCUT2D eigenvalue weighted by molar-refractivity contribution is 0.483. The highest BCUT2D eigenvalue weighted by Crippen LogP contribution is 2.48. The third-order valence-electron chi connectivity index (χ3n) is 16.5. The van der Waals surface area contributed by atoms with Gasteiger partial charge in [-0.3, -0.25) is 9.13 Å². The largest absolute Gasteiger partial charge is 0.457 e. The van der Waals surface area contributed by atoms with Crippen molar-refractivity contribution in [2.75, 3.05) is 0 Å². The summed E-state index contributed by atoms with van der Waals surface area (Å²) in [6.45, 7) is 22.3. The molecule has 6 heterocycles. The highest BCUT2D eigenvalue weighted by molar-refractivity contribution is 6.23. The van der Waals surface area contributed by atoms with E-state index in [9.17, 15) is 0 Å². The zero-order valence-corrected chi connectivity index (χ0v) is 48.5. The minimum atomic E-state index is 0.162. The first-order valence-corrected chi connectivity index (χ1v) is 29.1. The number of pyridine rings is 2. The number of furan rings is 2. The molecule has 0 N–H and O–H groups in total. The fourth-order valence-corrected chi connectivity index (χ4v) is 12.4. The summed E-state index contributed by atoms with van der Waals surface area (Å²) in [6.07, 6.45) is 0. The van der Waals surface area contributed by atoms with Crippen LogP contribution in [0.1, 0.15) is 113 Å². The number of para-hydroxylation sites is 4. The van der Waals surface area contributed by atoms with Gasteiger partial charge in [-0.25, -0.2) is 19.9 Å². The lowest BCUT2D eigenvalue weighted by atomic mass is 9.88. The number of fused-ring (bicyclic) bond motifs is 9. The Kier molecular flexibility index (Phi) is 12.5. The van der Waals surface area contributed by atoms with E-state index in [1.54, 1.807) is 0 Å². The van der Waals surface area contributed by atoms with Crippen molar-refractivity contribution >= 4 is 66.2 Å². The Labute approximate surface area is 482 Å². The van der Waals surface area contributed by atoms with Gasteiger partial charge in [0.2, 0.25) is 11.4 Å². The van der Waals surface area contributed by atoms with Crippen LogP contribution in [0.2, 0.25) is 0 Å². The highest BCUT2D eigenvalue weighted by Gasteiger charge is 2.30. The standard InChI is InChI=1S/C74H64N6O3/c1-41(2)55-35-50(47-22-13-11-14-23-47)36-56(42(3)4)67(55)79-63-30-19-17-28-61(63)77-71(79)49-26-21-27-52(34-49)81-53-39-59-66-70-65(54-33-32-45(9)75-73(54)83-70)46(10)76-74(66)82-69(59)60(40-53)72-78-62-29-18-20-31-64(62)80(72)68-57(43(5)6)37-51(38-58(68)44(7)8)48-24-15-12-16-25-48/h11-44H,1-10H3. The van der Waals surface area contributed by atoms with Gasteiger partial charge in [-0.1, -0.05) is 152 Å². The van der Waals surface area contributed by atoms with Crippen LogP contribution in [0, 0.1) is 13.8 Å². The zero-order valence-electron chi connectivity index (χ0n) is 48.5. The quantitative estimate of drug-likeness (QED) is 0.120. The summed E-state index contributed by atoms with van der Waals surface area (Å²) in [5.74, 6) is 3.54. The van der Waals surface area contributed by atoms with Crippen molar-refractivity contribution in [2.24, 2.45) is 0 Å². The number of nitrogens with zero attached hydrogens (tertiary/aromatic N) is 6. The predicted molar refractivity (Wildman–Crippen MR) is 340 cm³/mol. The topological polar surface area (TPSA) is 96.9 Å². The van der Waals surface area contributed by atoms with Gasteiger partial charge in [0.25, 0.3) is 0 Å². The van der Waals surface area contributed by atoms with Gasteiger partial charge in [0.1, 0.15) is 28.7 Å². The first-order valence-electron chi connectivity index (χ1n) is 29.1. The molecule has 0 bridgehead atoms. The van der Waals surface area contributed by atoms with Crippen molar-refractivity contribution in [1.29, 1.82) is 0 Å². The van der Waals surface area contributed by atoms with E-state index in [2.05, 4.69) is 234 Å². The molecule has 0 amide bonds. The molecule has 0 aliphatic heterocycles. The fraction of sp³-hybridized carbons (Fsp3) is 0.189. The smallest absolute Gasteiger partial charge is 0.231 e. The van der Waals surface area contributed by atoms with Crippen molar-refractivity contribution in [1.82, 2.24) is 29.1 Å². The molecule has 8 aromatic carbocycles. The van der Waals surface area contributed by atoms with Gasteiger partial charge in [0.05, 0.1) is 60.9 Å². The fourth-order valence-electron chi connectivity index (χ4n) is 12.4. The van der Waals surface area contributed by atoms with Crippen molar-refractivity contribution < 1.29 is 13.6 Å². The number of hydrogen-bond donors (Lipinski definition) is 0. The zero-order chi connectivity index (χ0) is 56.9. The molecule has 0 atom stereocenters. The lowest BCUT2D eigenvalue weighted by Gasteiger charge is -2.24. The summed E-state index contributed by atoms with van der Waals surface area (Å²) < 4.78 is 25.9. The molecule has 9 heteroatoms.